The second-order valence-electron chi connectivity index (χ2n) is 5.00. The number of rotatable bonds is 3. The van der Waals surface area contributed by atoms with Gasteiger partial charge in [0.1, 0.15) is 5.82 Å². The number of halogens is 1. The predicted octanol–water partition coefficient (Wildman–Crippen LogP) is 2.22. The Labute approximate surface area is 118 Å². The first-order chi connectivity index (χ1) is 9.84. The van der Waals surface area contributed by atoms with Crippen molar-refractivity contribution in [1.82, 2.24) is 15.2 Å². The zero-order chi connectivity index (χ0) is 13.8. The Morgan fingerprint density at radius 1 is 1.10 bits per heavy atom. The Balaban J connectivity index is 1.98. The van der Waals surface area contributed by atoms with Crippen LogP contribution in [0.1, 0.15) is 17.3 Å². The molecule has 1 aliphatic rings. The van der Waals surface area contributed by atoms with Crippen molar-refractivity contribution in [3.05, 3.63) is 65.7 Å². The summed E-state index contributed by atoms with van der Waals surface area (Å²) < 4.78 is 13.5. The van der Waals surface area contributed by atoms with E-state index in [1.807, 2.05) is 18.2 Å². The molecule has 0 bridgehead atoms. The summed E-state index contributed by atoms with van der Waals surface area (Å²) >= 11 is 0. The highest BCUT2D eigenvalue weighted by Crippen LogP contribution is 2.27. The lowest BCUT2D eigenvalue weighted by atomic mass is 10.0. The summed E-state index contributed by atoms with van der Waals surface area (Å²) in [5.41, 5.74) is 1.94. The number of aromatic nitrogens is 1. The van der Waals surface area contributed by atoms with Gasteiger partial charge in [-0.05, 0) is 17.7 Å². The van der Waals surface area contributed by atoms with E-state index < -0.39 is 0 Å². The van der Waals surface area contributed by atoms with E-state index in [9.17, 15) is 4.39 Å². The van der Waals surface area contributed by atoms with E-state index >= 15 is 0 Å². The molecule has 4 heteroatoms. The lowest BCUT2D eigenvalue weighted by Crippen LogP contribution is -2.45. The summed E-state index contributed by atoms with van der Waals surface area (Å²) in [6.45, 7) is 3.80. The van der Waals surface area contributed by atoms with Crippen LogP contribution in [0.5, 0.6) is 0 Å². The van der Waals surface area contributed by atoms with E-state index in [1.54, 1.807) is 12.3 Å². The summed E-state index contributed by atoms with van der Waals surface area (Å²) in [4.78, 5) is 6.74. The van der Waals surface area contributed by atoms with E-state index in [2.05, 4.69) is 27.3 Å². The largest absolute Gasteiger partial charge is 0.314 e. The minimum Gasteiger partial charge on any atom is -0.314 e. The topological polar surface area (TPSA) is 28.2 Å². The molecule has 104 valence electrons. The van der Waals surface area contributed by atoms with Crippen molar-refractivity contribution in [3.8, 4) is 0 Å². The fourth-order valence-corrected chi connectivity index (χ4v) is 2.72. The molecule has 1 aliphatic heterocycles. The molecule has 3 rings (SSSR count). The fourth-order valence-electron chi connectivity index (χ4n) is 2.72. The molecule has 2 heterocycles. The smallest absolute Gasteiger partial charge is 0.126 e. The summed E-state index contributed by atoms with van der Waals surface area (Å²) in [5, 5.41) is 3.35. The fraction of sp³-hybridized carbons (Fsp3) is 0.312. The molecule has 0 saturated carbocycles. The molecule has 1 aromatic carbocycles. The average molecular weight is 271 g/mol. The zero-order valence-corrected chi connectivity index (χ0v) is 11.3. The maximum Gasteiger partial charge on any atom is 0.126 e. The maximum absolute atomic E-state index is 13.5. The van der Waals surface area contributed by atoms with Crippen molar-refractivity contribution in [1.29, 1.82) is 0 Å². The van der Waals surface area contributed by atoms with Gasteiger partial charge in [0.25, 0.3) is 0 Å². The van der Waals surface area contributed by atoms with Crippen molar-refractivity contribution in [2.24, 2.45) is 0 Å². The predicted molar refractivity (Wildman–Crippen MR) is 76.9 cm³/mol. The molecule has 0 spiro atoms. The van der Waals surface area contributed by atoms with Gasteiger partial charge in [-0.25, -0.2) is 4.39 Å². The maximum atomic E-state index is 13.5. The number of pyridine rings is 1. The summed E-state index contributed by atoms with van der Waals surface area (Å²) in [6, 6.07) is 13.2. The first kappa shape index (κ1) is 13.2. The third-order valence-corrected chi connectivity index (χ3v) is 3.66. The van der Waals surface area contributed by atoms with Crippen LogP contribution in [-0.2, 0) is 0 Å². The molecular weight excluding hydrogens is 253 g/mol. The van der Waals surface area contributed by atoms with Crippen LogP contribution in [0.15, 0.2) is 48.7 Å². The number of piperazine rings is 1. The van der Waals surface area contributed by atoms with E-state index in [0.29, 0.717) is 0 Å². The Morgan fingerprint density at radius 2 is 1.85 bits per heavy atom. The summed E-state index contributed by atoms with van der Waals surface area (Å²) in [6.07, 6.45) is 1.54. The number of benzene rings is 1. The summed E-state index contributed by atoms with van der Waals surface area (Å²) in [5.74, 6) is -0.230. The number of nitrogens with zero attached hydrogens (tertiary/aromatic N) is 2. The molecule has 1 N–H and O–H groups in total. The molecule has 3 nitrogen and oxygen atoms in total. The van der Waals surface area contributed by atoms with Gasteiger partial charge in [-0.1, -0.05) is 30.3 Å². The van der Waals surface area contributed by atoms with Gasteiger partial charge in [-0.15, -0.1) is 0 Å². The van der Waals surface area contributed by atoms with Crippen molar-refractivity contribution in [3.63, 3.8) is 0 Å². The minimum atomic E-state index is -0.230. The third kappa shape index (κ3) is 2.86. The minimum absolute atomic E-state index is 0.0222. The molecule has 2 aromatic rings. The Hall–Kier alpha value is -1.78. The molecule has 0 aliphatic carbocycles. The molecule has 1 atom stereocenters. The van der Waals surface area contributed by atoms with Crippen molar-refractivity contribution < 1.29 is 4.39 Å². The van der Waals surface area contributed by atoms with Crippen LogP contribution in [0.4, 0.5) is 4.39 Å². The lowest BCUT2D eigenvalue weighted by molar-refractivity contribution is 0.195. The molecule has 1 unspecified atom stereocenters. The average Bonchev–Trinajstić information content (AvgIpc) is 2.50. The van der Waals surface area contributed by atoms with Gasteiger partial charge in [0.2, 0.25) is 0 Å². The number of hydrogen-bond donors (Lipinski definition) is 1. The molecule has 20 heavy (non-hydrogen) atoms. The van der Waals surface area contributed by atoms with Crippen LogP contribution in [0.2, 0.25) is 0 Å². The zero-order valence-electron chi connectivity index (χ0n) is 11.3. The van der Waals surface area contributed by atoms with Crippen LogP contribution >= 0.6 is 0 Å². The Kier molecular flexibility index (Phi) is 4.04. The monoisotopic (exact) mass is 271 g/mol. The van der Waals surface area contributed by atoms with Gasteiger partial charge in [0.05, 0.1) is 11.7 Å². The third-order valence-electron chi connectivity index (χ3n) is 3.66. The van der Waals surface area contributed by atoms with Gasteiger partial charge in [-0.2, -0.15) is 0 Å². The first-order valence-electron chi connectivity index (χ1n) is 6.96. The van der Waals surface area contributed by atoms with Gasteiger partial charge in [-0.3, -0.25) is 9.88 Å². The number of nitrogens with one attached hydrogen (secondary N) is 1. The van der Waals surface area contributed by atoms with Crippen molar-refractivity contribution >= 4 is 0 Å². The van der Waals surface area contributed by atoms with E-state index in [4.69, 9.17) is 0 Å². The van der Waals surface area contributed by atoms with Crippen LogP contribution in [0.25, 0.3) is 0 Å². The van der Waals surface area contributed by atoms with Crippen LogP contribution in [0, 0.1) is 5.82 Å². The highest BCUT2D eigenvalue weighted by molar-refractivity contribution is 5.28. The highest BCUT2D eigenvalue weighted by Gasteiger charge is 2.24. The van der Waals surface area contributed by atoms with Crippen LogP contribution < -0.4 is 5.32 Å². The molecule has 1 fully saturated rings. The van der Waals surface area contributed by atoms with Gasteiger partial charge >= 0.3 is 0 Å². The van der Waals surface area contributed by atoms with Crippen molar-refractivity contribution in [2.45, 2.75) is 6.04 Å². The van der Waals surface area contributed by atoms with Crippen LogP contribution in [0.3, 0.4) is 0 Å². The highest BCUT2D eigenvalue weighted by atomic mass is 19.1. The molecule has 1 aromatic heterocycles. The standard InChI is InChI=1S/C16H18FN3/c17-14-6-7-19-15(12-14)16(13-4-2-1-3-5-13)20-10-8-18-9-11-20/h1-7,12,16,18H,8-11H2. The lowest BCUT2D eigenvalue weighted by Gasteiger charge is -2.34. The van der Waals surface area contributed by atoms with Crippen LogP contribution in [-0.4, -0.2) is 36.1 Å². The normalized spacial score (nSPS) is 17.9. The SMILES string of the molecule is Fc1ccnc(C(c2ccccc2)N2CCNCC2)c1. The second kappa shape index (κ2) is 6.11. The van der Waals surface area contributed by atoms with Gasteiger partial charge < -0.3 is 5.32 Å². The Morgan fingerprint density at radius 3 is 2.55 bits per heavy atom. The van der Waals surface area contributed by atoms with E-state index in [0.717, 1.165) is 37.4 Å². The molecule has 0 radical (unpaired) electrons. The molecule has 0 amide bonds. The summed E-state index contributed by atoms with van der Waals surface area (Å²) in [7, 11) is 0. The van der Waals surface area contributed by atoms with E-state index in [1.165, 1.54) is 6.07 Å². The molecular formula is C16H18FN3. The number of hydrogen-bond acceptors (Lipinski definition) is 3. The van der Waals surface area contributed by atoms with E-state index in [-0.39, 0.29) is 11.9 Å². The molecule has 1 saturated heterocycles. The van der Waals surface area contributed by atoms with Gasteiger partial charge in [0.15, 0.2) is 0 Å². The first-order valence-corrected chi connectivity index (χ1v) is 6.96. The van der Waals surface area contributed by atoms with Gasteiger partial charge in [0, 0.05) is 32.4 Å². The second-order valence-corrected chi connectivity index (χ2v) is 5.00. The quantitative estimate of drug-likeness (QED) is 0.927. The Bertz CT molecular complexity index is 553. The van der Waals surface area contributed by atoms with Crippen molar-refractivity contribution in [2.75, 3.05) is 26.2 Å².